The molecule has 0 fully saturated rings. The normalized spacial score (nSPS) is 19.0. The SMILES string of the molecule is CC1(C)OC(N/C(=C\C#N)C(C)(C)O)=CC1=Nc1ccccc1. The molecule has 0 saturated heterocycles. The van der Waals surface area contributed by atoms with Crippen LogP contribution in [0.4, 0.5) is 5.69 Å². The van der Waals surface area contributed by atoms with Crippen LogP contribution in [0.15, 0.2) is 59.1 Å². The van der Waals surface area contributed by atoms with Crippen LogP contribution in [-0.4, -0.2) is 22.0 Å². The van der Waals surface area contributed by atoms with Crippen LogP contribution in [-0.2, 0) is 4.74 Å². The molecule has 120 valence electrons. The summed E-state index contributed by atoms with van der Waals surface area (Å²) in [5.41, 5.74) is 0.187. The highest BCUT2D eigenvalue weighted by atomic mass is 16.5. The van der Waals surface area contributed by atoms with Crippen LogP contribution >= 0.6 is 0 Å². The molecule has 23 heavy (non-hydrogen) atoms. The molecule has 1 aromatic rings. The number of nitrogens with one attached hydrogen (secondary N) is 1. The number of hydrogen-bond donors (Lipinski definition) is 2. The first kappa shape index (κ1) is 16.8. The maximum atomic E-state index is 10.1. The third kappa shape index (κ3) is 4.21. The van der Waals surface area contributed by atoms with Crippen molar-refractivity contribution >= 4 is 11.4 Å². The van der Waals surface area contributed by atoms with Crippen molar-refractivity contribution in [3.8, 4) is 6.07 Å². The molecule has 0 aromatic heterocycles. The Bertz CT molecular complexity index is 702. The van der Waals surface area contributed by atoms with Crippen molar-refractivity contribution in [1.29, 1.82) is 5.26 Å². The highest BCUT2D eigenvalue weighted by molar-refractivity contribution is 6.04. The minimum atomic E-state index is -1.18. The van der Waals surface area contributed by atoms with Crippen molar-refractivity contribution in [2.75, 3.05) is 0 Å². The Kier molecular flexibility index (Phi) is 4.57. The lowest BCUT2D eigenvalue weighted by molar-refractivity contribution is 0.0805. The molecule has 0 spiro atoms. The molecule has 5 nitrogen and oxygen atoms in total. The fourth-order valence-electron chi connectivity index (χ4n) is 2.09. The molecule has 1 heterocycles. The van der Waals surface area contributed by atoms with Crippen molar-refractivity contribution in [2.24, 2.45) is 4.99 Å². The van der Waals surface area contributed by atoms with Gasteiger partial charge in [0.05, 0.1) is 28.8 Å². The van der Waals surface area contributed by atoms with Crippen molar-refractivity contribution in [3.05, 3.63) is 54.1 Å². The van der Waals surface area contributed by atoms with E-state index in [-0.39, 0.29) is 0 Å². The van der Waals surface area contributed by atoms with Crippen molar-refractivity contribution in [1.82, 2.24) is 5.32 Å². The van der Waals surface area contributed by atoms with Crippen LogP contribution in [0.25, 0.3) is 0 Å². The topological polar surface area (TPSA) is 77.6 Å². The van der Waals surface area contributed by atoms with E-state index in [0.29, 0.717) is 11.6 Å². The number of benzene rings is 1. The van der Waals surface area contributed by atoms with Crippen molar-refractivity contribution < 1.29 is 9.84 Å². The van der Waals surface area contributed by atoms with E-state index in [1.807, 2.05) is 50.2 Å². The van der Waals surface area contributed by atoms with Gasteiger partial charge in [-0.2, -0.15) is 5.26 Å². The standard InChI is InChI=1S/C18H21N3O2/c1-17(2,22)14(10-11-19)21-16-12-15(18(3,4)23-16)20-13-8-6-5-7-9-13/h5-10,12,21-22H,1-4H3/b14-10-,20-15?. The molecule has 1 aromatic carbocycles. The Morgan fingerprint density at radius 2 is 2.00 bits per heavy atom. The summed E-state index contributed by atoms with van der Waals surface area (Å²) >= 11 is 0. The lowest BCUT2D eigenvalue weighted by Crippen LogP contribution is -2.34. The van der Waals surface area contributed by atoms with Gasteiger partial charge in [-0.05, 0) is 39.8 Å². The number of aliphatic imine (C=N–C) groups is 1. The zero-order chi connectivity index (χ0) is 17.1. The molecule has 0 bridgehead atoms. The molecular weight excluding hydrogens is 290 g/mol. The quantitative estimate of drug-likeness (QED) is 0.837. The van der Waals surface area contributed by atoms with Gasteiger partial charge in [0.1, 0.15) is 5.60 Å². The lowest BCUT2D eigenvalue weighted by Gasteiger charge is -2.25. The smallest absolute Gasteiger partial charge is 0.194 e. The maximum absolute atomic E-state index is 10.1. The third-order valence-electron chi connectivity index (χ3n) is 3.38. The number of nitriles is 1. The first-order valence-electron chi connectivity index (χ1n) is 7.37. The predicted octanol–water partition coefficient (Wildman–Crippen LogP) is 3.18. The molecule has 0 radical (unpaired) electrons. The second-order valence-electron chi connectivity index (χ2n) is 6.32. The first-order valence-corrected chi connectivity index (χ1v) is 7.37. The number of nitrogens with zero attached hydrogens (tertiary/aromatic N) is 2. The Balaban J connectivity index is 2.29. The summed E-state index contributed by atoms with van der Waals surface area (Å²) in [7, 11) is 0. The fourth-order valence-corrected chi connectivity index (χ4v) is 2.09. The largest absolute Gasteiger partial charge is 0.466 e. The van der Waals surface area contributed by atoms with Crippen LogP contribution in [0.3, 0.4) is 0 Å². The van der Waals surface area contributed by atoms with Crippen LogP contribution in [0, 0.1) is 11.3 Å². The number of allylic oxidation sites excluding steroid dienone is 1. The van der Waals surface area contributed by atoms with Gasteiger partial charge in [-0.15, -0.1) is 0 Å². The number of rotatable bonds is 4. The van der Waals surface area contributed by atoms with Gasteiger partial charge in [0.25, 0.3) is 0 Å². The van der Waals surface area contributed by atoms with Gasteiger partial charge < -0.3 is 15.2 Å². The molecule has 2 N–H and O–H groups in total. The summed E-state index contributed by atoms with van der Waals surface area (Å²) < 4.78 is 5.86. The van der Waals surface area contributed by atoms with E-state index in [4.69, 9.17) is 10.00 Å². The average molecular weight is 311 g/mol. The predicted molar refractivity (Wildman–Crippen MR) is 89.9 cm³/mol. The minimum absolute atomic E-state index is 0.364. The van der Waals surface area contributed by atoms with Gasteiger partial charge in [0, 0.05) is 12.2 Å². The van der Waals surface area contributed by atoms with E-state index in [1.165, 1.54) is 6.08 Å². The van der Waals surface area contributed by atoms with Crippen molar-refractivity contribution in [3.63, 3.8) is 0 Å². The molecule has 5 heteroatoms. The summed E-state index contributed by atoms with van der Waals surface area (Å²) in [6.07, 6.45) is 3.05. The van der Waals surface area contributed by atoms with E-state index in [2.05, 4.69) is 10.3 Å². The second-order valence-corrected chi connectivity index (χ2v) is 6.32. The van der Waals surface area contributed by atoms with Crippen LogP contribution in [0.5, 0.6) is 0 Å². The second kappa shape index (κ2) is 6.27. The molecule has 1 aliphatic heterocycles. The Labute approximate surface area is 136 Å². The zero-order valence-electron chi connectivity index (χ0n) is 13.8. The molecule has 0 aliphatic carbocycles. The number of hydrogen-bond acceptors (Lipinski definition) is 5. The summed E-state index contributed by atoms with van der Waals surface area (Å²) in [5.74, 6) is 0.452. The molecule has 0 saturated carbocycles. The minimum Gasteiger partial charge on any atom is -0.466 e. The third-order valence-corrected chi connectivity index (χ3v) is 3.38. The lowest BCUT2D eigenvalue weighted by atomic mass is 10.0. The monoisotopic (exact) mass is 311 g/mol. The molecule has 2 rings (SSSR count). The van der Waals surface area contributed by atoms with Crippen LogP contribution in [0.1, 0.15) is 27.7 Å². The van der Waals surface area contributed by atoms with Gasteiger partial charge in [0.2, 0.25) is 0 Å². The van der Waals surface area contributed by atoms with E-state index in [1.54, 1.807) is 19.9 Å². The maximum Gasteiger partial charge on any atom is 0.194 e. The molecule has 0 atom stereocenters. The number of para-hydroxylation sites is 1. The van der Waals surface area contributed by atoms with E-state index < -0.39 is 11.2 Å². The summed E-state index contributed by atoms with van der Waals surface area (Å²) in [6, 6.07) is 11.5. The highest BCUT2D eigenvalue weighted by Gasteiger charge is 2.34. The van der Waals surface area contributed by atoms with E-state index in [9.17, 15) is 5.11 Å². The van der Waals surface area contributed by atoms with Gasteiger partial charge in [0.15, 0.2) is 5.88 Å². The average Bonchev–Trinajstić information content (AvgIpc) is 2.73. The summed E-state index contributed by atoms with van der Waals surface area (Å²) in [6.45, 7) is 7.03. The Morgan fingerprint density at radius 1 is 1.35 bits per heavy atom. The number of aliphatic hydroxyl groups is 1. The molecule has 1 aliphatic rings. The Morgan fingerprint density at radius 3 is 2.57 bits per heavy atom. The van der Waals surface area contributed by atoms with Gasteiger partial charge in [-0.3, -0.25) is 0 Å². The molecule has 0 amide bonds. The Hall–Kier alpha value is -2.58. The fraction of sp³-hybridized carbons (Fsp3) is 0.333. The van der Waals surface area contributed by atoms with Gasteiger partial charge in [-0.1, -0.05) is 18.2 Å². The van der Waals surface area contributed by atoms with Gasteiger partial charge in [-0.25, -0.2) is 4.99 Å². The number of ether oxygens (including phenoxy) is 1. The molecular formula is C18H21N3O2. The first-order chi connectivity index (χ1) is 10.7. The van der Waals surface area contributed by atoms with Crippen molar-refractivity contribution in [2.45, 2.75) is 38.9 Å². The summed E-state index contributed by atoms with van der Waals surface area (Å²) in [5, 5.41) is 21.9. The molecule has 0 unspecified atom stereocenters. The van der Waals surface area contributed by atoms with Crippen LogP contribution in [0.2, 0.25) is 0 Å². The van der Waals surface area contributed by atoms with E-state index in [0.717, 1.165) is 11.4 Å². The van der Waals surface area contributed by atoms with Gasteiger partial charge >= 0.3 is 0 Å². The van der Waals surface area contributed by atoms with Crippen LogP contribution < -0.4 is 5.32 Å². The van der Waals surface area contributed by atoms with E-state index >= 15 is 0 Å². The zero-order valence-corrected chi connectivity index (χ0v) is 13.8. The highest BCUT2D eigenvalue weighted by Crippen LogP contribution is 2.28. The summed E-state index contributed by atoms with van der Waals surface area (Å²) in [4.78, 5) is 4.60.